The molecule has 1 aliphatic rings. The summed E-state index contributed by atoms with van der Waals surface area (Å²) in [7, 11) is 0. The van der Waals surface area contributed by atoms with E-state index in [9.17, 15) is 14.7 Å². The van der Waals surface area contributed by atoms with Gasteiger partial charge in [-0.05, 0) is 60.4 Å². The second-order valence-corrected chi connectivity index (χ2v) is 8.49. The average molecular weight is 365 g/mol. The molecule has 6 heteroatoms. The molecule has 4 rings (SSSR count). The summed E-state index contributed by atoms with van der Waals surface area (Å²) < 4.78 is 2.10. The molecule has 0 aliphatic heterocycles. The lowest BCUT2D eigenvalue weighted by Crippen LogP contribution is -2.29. The second-order valence-electron chi connectivity index (χ2n) is 8.49. The number of aryl methyl sites for hydroxylation is 2. The van der Waals surface area contributed by atoms with E-state index in [2.05, 4.69) is 43.1 Å². The lowest BCUT2D eigenvalue weighted by molar-refractivity contribution is 0.0694. The quantitative estimate of drug-likeness (QED) is 0.688. The lowest BCUT2D eigenvalue weighted by Gasteiger charge is -2.35. The molecule has 3 aromatic rings. The summed E-state index contributed by atoms with van der Waals surface area (Å²) in [4.78, 5) is 31.5. The van der Waals surface area contributed by atoms with E-state index < -0.39 is 11.5 Å². The minimum absolute atomic E-state index is 0.0662. The molecule has 0 amide bonds. The maximum Gasteiger partial charge on any atom is 0.341 e. The number of rotatable bonds is 1. The van der Waals surface area contributed by atoms with Crippen LogP contribution in [0.5, 0.6) is 0 Å². The fraction of sp³-hybridized carbons (Fsp3) is 0.381. The summed E-state index contributed by atoms with van der Waals surface area (Å²) in [5.74, 6) is -1.14. The van der Waals surface area contributed by atoms with Crippen LogP contribution < -0.4 is 5.56 Å². The number of imidazole rings is 1. The average Bonchev–Trinajstić information content (AvgIpc) is 2.95. The summed E-state index contributed by atoms with van der Waals surface area (Å²) in [6.07, 6.45) is 2.76. The van der Waals surface area contributed by atoms with Crippen LogP contribution in [0.25, 0.3) is 17.0 Å². The zero-order valence-electron chi connectivity index (χ0n) is 16.2. The molecule has 3 aromatic heterocycles. The van der Waals surface area contributed by atoms with Crippen LogP contribution in [-0.2, 0) is 6.42 Å². The van der Waals surface area contributed by atoms with Crippen molar-refractivity contribution in [3.63, 3.8) is 0 Å². The number of hydrogen-bond acceptors (Lipinski definition) is 3. The number of aromatic amines is 1. The van der Waals surface area contributed by atoms with Gasteiger partial charge < -0.3 is 14.5 Å². The van der Waals surface area contributed by atoms with Crippen molar-refractivity contribution in [2.45, 2.75) is 47.0 Å². The van der Waals surface area contributed by atoms with Gasteiger partial charge in [-0.15, -0.1) is 0 Å². The smallest absolute Gasteiger partial charge is 0.341 e. The summed E-state index contributed by atoms with van der Waals surface area (Å²) in [6, 6.07) is 3.61. The number of hydrogen-bond donors (Lipinski definition) is 2. The van der Waals surface area contributed by atoms with Crippen molar-refractivity contribution in [2.75, 3.05) is 0 Å². The highest BCUT2D eigenvalue weighted by molar-refractivity contribution is 5.88. The first-order valence-electron chi connectivity index (χ1n) is 9.07. The van der Waals surface area contributed by atoms with Crippen LogP contribution in [0.3, 0.4) is 0 Å². The first-order chi connectivity index (χ1) is 12.6. The molecule has 27 heavy (non-hydrogen) atoms. The highest BCUT2D eigenvalue weighted by Crippen LogP contribution is 2.46. The molecular weight excluding hydrogens is 342 g/mol. The molecule has 0 bridgehead atoms. The van der Waals surface area contributed by atoms with Crippen LogP contribution in [0.15, 0.2) is 23.1 Å². The largest absolute Gasteiger partial charge is 0.477 e. The third-order valence-electron chi connectivity index (χ3n) is 5.77. The zero-order valence-corrected chi connectivity index (χ0v) is 16.2. The Kier molecular flexibility index (Phi) is 3.60. The third-order valence-corrected chi connectivity index (χ3v) is 5.77. The highest BCUT2D eigenvalue weighted by Gasteiger charge is 2.37. The Morgan fingerprint density at radius 2 is 2.04 bits per heavy atom. The summed E-state index contributed by atoms with van der Waals surface area (Å²) >= 11 is 0. The molecule has 0 aromatic carbocycles. The Labute approximate surface area is 156 Å². The highest BCUT2D eigenvalue weighted by atomic mass is 16.4. The van der Waals surface area contributed by atoms with E-state index in [1.54, 1.807) is 0 Å². The number of aromatic carboxylic acids is 1. The minimum Gasteiger partial charge on any atom is -0.477 e. The van der Waals surface area contributed by atoms with Crippen LogP contribution in [0.2, 0.25) is 0 Å². The molecular formula is C21H23N3O3. The van der Waals surface area contributed by atoms with Gasteiger partial charge in [0.1, 0.15) is 16.9 Å². The summed E-state index contributed by atoms with van der Waals surface area (Å²) in [5.41, 5.74) is 5.52. The van der Waals surface area contributed by atoms with Gasteiger partial charge in [0.2, 0.25) is 0 Å². The molecule has 2 N–H and O–H groups in total. The van der Waals surface area contributed by atoms with Crippen molar-refractivity contribution in [1.29, 1.82) is 0 Å². The zero-order chi connectivity index (χ0) is 19.7. The van der Waals surface area contributed by atoms with Gasteiger partial charge in [-0.1, -0.05) is 20.8 Å². The summed E-state index contributed by atoms with van der Waals surface area (Å²) in [5, 5.41) is 9.39. The number of carbonyl (C=O) groups is 1. The molecule has 1 atom stereocenters. The number of carboxylic acid groups (broad SMARTS) is 1. The number of nitrogens with zero attached hydrogens (tertiary/aromatic N) is 2. The molecule has 0 spiro atoms. The van der Waals surface area contributed by atoms with Crippen molar-refractivity contribution in [3.8, 4) is 11.4 Å². The first-order valence-corrected chi connectivity index (χ1v) is 9.07. The van der Waals surface area contributed by atoms with Crippen LogP contribution in [0, 0.1) is 19.3 Å². The third kappa shape index (κ3) is 2.51. The molecule has 6 nitrogen and oxygen atoms in total. The van der Waals surface area contributed by atoms with Gasteiger partial charge in [-0.25, -0.2) is 9.78 Å². The van der Waals surface area contributed by atoms with E-state index in [4.69, 9.17) is 4.98 Å². The monoisotopic (exact) mass is 365 g/mol. The number of carboxylic acids is 1. The normalized spacial score (nSPS) is 16.3. The molecule has 1 unspecified atom stereocenters. The minimum atomic E-state index is -1.21. The van der Waals surface area contributed by atoms with Crippen molar-refractivity contribution >= 4 is 11.6 Å². The fourth-order valence-corrected chi connectivity index (χ4v) is 4.03. The Balaban J connectivity index is 2.10. The van der Waals surface area contributed by atoms with Gasteiger partial charge in [-0.2, -0.15) is 0 Å². The van der Waals surface area contributed by atoms with Crippen molar-refractivity contribution in [3.05, 3.63) is 56.6 Å². The molecule has 0 fully saturated rings. The predicted octanol–water partition coefficient (Wildman–Crippen LogP) is 3.69. The van der Waals surface area contributed by atoms with Gasteiger partial charge in [0.25, 0.3) is 5.56 Å². The SMILES string of the molecule is Cc1ccn2c3c(nc2c1C)-c1[nH]c(=O)c(C(=O)O)cc1C(C(C)(C)C)C3. The maximum atomic E-state index is 12.4. The number of aromatic nitrogens is 3. The first kappa shape index (κ1) is 17.5. The molecule has 3 heterocycles. The van der Waals surface area contributed by atoms with E-state index >= 15 is 0 Å². The van der Waals surface area contributed by atoms with Gasteiger partial charge in [0.05, 0.1) is 11.4 Å². The predicted molar refractivity (Wildman–Crippen MR) is 104 cm³/mol. The van der Waals surface area contributed by atoms with Crippen LogP contribution in [0.4, 0.5) is 0 Å². The van der Waals surface area contributed by atoms with E-state index in [1.807, 2.05) is 13.1 Å². The van der Waals surface area contributed by atoms with E-state index in [0.717, 1.165) is 40.1 Å². The topological polar surface area (TPSA) is 87.5 Å². The van der Waals surface area contributed by atoms with Gasteiger partial charge in [0, 0.05) is 6.20 Å². The number of H-pyrrole nitrogens is 1. The molecule has 0 saturated heterocycles. The van der Waals surface area contributed by atoms with Crippen LogP contribution in [-0.4, -0.2) is 25.4 Å². The molecule has 0 radical (unpaired) electrons. The van der Waals surface area contributed by atoms with Crippen molar-refractivity contribution < 1.29 is 9.90 Å². The Morgan fingerprint density at radius 3 is 2.67 bits per heavy atom. The van der Waals surface area contributed by atoms with E-state index in [1.165, 1.54) is 6.07 Å². The second kappa shape index (κ2) is 5.55. The van der Waals surface area contributed by atoms with Crippen LogP contribution in [0.1, 0.15) is 59.4 Å². The maximum absolute atomic E-state index is 12.4. The lowest BCUT2D eigenvalue weighted by atomic mass is 9.70. The summed E-state index contributed by atoms with van der Waals surface area (Å²) in [6.45, 7) is 10.5. The molecule has 0 saturated carbocycles. The molecule has 1 aliphatic carbocycles. The Morgan fingerprint density at radius 1 is 1.33 bits per heavy atom. The standard InChI is InChI=1S/C21H23N3O3/c1-10-6-7-24-15-9-14(21(3,4)5)12-8-13(20(26)27)19(25)23-16(12)17(15)22-18(24)11(10)2/h6-8,14H,9H2,1-5H3,(H,23,25)(H,26,27). The Bertz CT molecular complexity index is 1160. The molecule has 140 valence electrons. The van der Waals surface area contributed by atoms with E-state index in [0.29, 0.717) is 5.69 Å². The van der Waals surface area contributed by atoms with Crippen LogP contribution >= 0.6 is 0 Å². The van der Waals surface area contributed by atoms with Gasteiger partial charge in [-0.3, -0.25) is 4.79 Å². The van der Waals surface area contributed by atoms with Gasteiger partial charge >= 0.3 is 5.97 Å². The number of nitrogens with one attached hydrogen (secondary N) is 1. The number of fused-ring (bicyclic) bond motifs is 5. The Hall–Kier alpha value is -2.89. The van der Waals surface area contributed by atoms with Crippen molar-refractivity contribution in [1.82, 2.24) is 14.4 Å². The van der Waals surface area contributed by atoms with Crippen molar-refractivity contribution in [2.24, 2.45) is 5.41 Å². The fourth-order valence-electron chi connectivity index (χ4n) is 4.03. The van der Waals surface area contributed by atoms with Gasteiger partial charge in [0.15, 0.2) is 0 Å². The van der Waals surface area contributed by atoms with E-state index in [-0.39, 0.29) is 16.9 Å². The number of pyridine rings is 2.